The predicted octanol–water partition coefficient (Wildman–Crippen LogP) is 4.46. The summed E-state index contributed by atoms with van der Waals surface area (Å²) in [4.78, 5) is 20.5. The van der Waals surface area contributed by atoms with E-state index in [1.807, 2.05) is 0 Å². The van der Waals surface area contributed by atoms with E-state index in [1.165, 1.54) is 11.2 Å². The quantitative estimate of drug-likeness (QED) is 0.502. The second kappa shape index (κ2) is 9.02. The van der Waals surface area contributed by atoms with Crippen molar-refractivity contribution in [2.75, 3.05) is 36.4 Å². The van der Waals surface area contributed by atoms with Crippen LogP contribution in [-0.4, -0.2) is 56.9 Å². The number of alkyl halides is 5. The monoisotopic (exact) mass is 495 g/mol. The Kier molecular flexibility index (Phi) is 6.03. The second-order valence-electron chi connectivity index (χ2n) is 8.72. The summed E-state index contributed by atoms with van der Waals surface area (Å²) in [5.74, 6) is -1.88. The van der Waals surface area contributed by atoms with Crippen LogP contribution in [-0.2, 0) is 12.7 Å². The highest BCUT2D eigenvalue weighted by Gasteiger charge is 2.45. The fraction of sp³-hybridized carbons (Fsp3) is 0.455. The molecule has 3 aromatic rings. The van der Waals surface area contributed by atoms with Crippen LogP contribution in [0.2, 0.25) is 0 Å². The molecule has 8 nitrogen and oxygen atoms in total. The number of rotatable bonds is 6. The first-order valence-electron chi connectivity index (χ1n) is 11.1. The highest BCUT2D eigenvalue weighted by atomic mass is 19.4. The van der Waals surface area contributed by atoms with Gasteiger partial charge in [0, 0.05) is 18.2 Å². The molecule has 5 heterocycles. The largest absolute Gasteiger partial charge is 0.448 e. The predicted molar refractivity (Wildman–Crippen MR) is 115 cm³/mol. The Balaban J connectivity index is 1.35. The Morgan fingerprint density at radius 3 is 2.46 bits per heavy atom. The normalized spacial score (nSPS) is 18.9. The van der Waals surface area contributed by atoms with Crippen LogP contribution in [0.25, 0.3) is 0 Å². The summed E-state index contributed by atoms with van der Waals surface area (Å²) in [6, 6.07) is 3.40. The van der Waals surface area contributed by atoms with Crippen molar-refractivity contribution in [3.05, 3.63) is 54.0 Å². The van der Waals surface area contributed by atoms with Gasteiger partial charge in [0.15, 0.2) is 0 Å². The number of halogens is 5. The maximum atomic E-state index is 13.5. The van der Waals surface area contributed by atoms with Crippen molar-refractivity contribution >= 4 is 17.6 Å². The van der Waals surface area contributed by atoms with E-state index in [-0.39, 0.29) is 23.5 Å². The van der Waals surface area contributed by atoms with Crippen molar-refractivity contribution in [2.24, 2.45) is 0 Å². The van der Waals surface area contributed by atoms with Crippen LogP contribution in [0, 0.1) is 0 Å². The third-order valence-electron chi connectivity index (χ3n) is 6.05. The van der Waals surface area contributed by atoms with E-state index in [2.05, 4.69) is 30.2 Å². The van der Waals surface area contributed by atoms with Crippen LogP contribution < -0.4 is 10.2 Å². The van der Waals surface area contributed by atoms with Crippen LogP contribution in [0.15, 0.2) is 41.3 Å². The van der Waals surface area contributed by atoms with Gasteiger partial charge in [-0.1, -0.05) is 0 Å². The fourth-order valence-corrected chi connectivity index (χ4v) is 4.24. The number of aromatic nitrogens is 4. The first kappa shape index (κ1) is 23.4. The Hall–Kier alpha value is -3.35. The third-order valence-corrected chi connectivity index (χ3v) is 6.05. The maximum Gasteiger partial charge on any atom is 0.416 e. The van der Waals surface area contributed by atoms with E-state index < -0.39 is 30.8 Å². The van der Waals surface area contributed by atoms with Crippen LogP contribution in [0.3, 0.4) is 0 Å². The molecule has 0 aliphatic carbocycles. The second-order valence-corrected chi connectivity index (χ2v) is 8.72. The molecule has 0 amide bonds. The van der Waals surface area contributed by atoms with Gasteiger partial charge in [-0.05, 0) is 38.1 Å². The average molecular weight is 495 g/mol. The lowest BCUT2D eigenvalue weighted by atomic mass is 9.93. The van der Waals surface area contributed by atoms with E-state index >= 15 is 0 Å². The minimum absolute atomic E-state index is 0.0364. The zero-order valence-corrected chi connectivity index (χ0v) is 18.5. The first-order valence-corrected chi connectivity index (χ1v) is 11.1. The zero-order valence-electron chi connectivity index (χ0n) is 18.5. The number of pyridine rings is 1. The van der Waals surface area contributed by atoms with Gasteiger partial charge in [-0.3, -0.25) is 4.90 Å². The molecule has 5 rings (SSSR count). The van der Waals surface area contributed by atoms with Gasteiger partial charge in [-0.2, -0.15) is 18.2 Å². The molecule has 3 aromatic heterocycles. The smallest absolute Gasteiger partial charge is 0.416 e. The molecule has 35 heavy (non-hydrogen) atoms. The van der Waals surface area contributed by atoms with E-state index in [4.69, 9.17) is 4.42 Å². The van der Waals surface area contributed by atoms with E-state index in [9.17, 15) is 22.0 Å². The van der Waals surface area contributed by atoms with Gasteiger partial charge >= 0.3 is 6.18 Å². The molecule has 2 fully saturated rings. The highest BCUT2D eigenvalue weighted by molar-refractivity contribution is 5.56. The summed E-state index contributed by atoms with van der Waals surface area (Å²) in [6.07, 6.45) is 1.16. The van der Waals surface area contributed by atoms with Gasteiger partial charge in [-0.15, -0.1) is 0 Å². The van der Waals surface area contributed by atoms with Gasteiger partial charge in [0.05, 0.1) is 37.1 Å². The van der Waals surface area contributed by atoms with E-state index in [0.29, 0.717) is 18.1 Å². The first-order chi connectivity index (χ1) is 16.6. The van der Waals surface area contributed by atoms with Crippen molar-refractivity contribution in [3.63, 3.8) is 0 Å². The van der Waals surface area contributed by atoms with Crippen molar-refractivity contribution in [1.82, 2.24) is 24.8 Å². The molecule has 1 N–H and O–H groups in total. The minimum atomic E-state index is -4.52. The molecule has 2 saturated heterocycles. The molecule has 2 aliphatic heterocycles. The lowest BCUT2D eigenvalue weighted by molar-refractivity contribution is -0.137. The average Bonchev–Trinajstić information content (AvgIpc) is 3.30. The molecule has 13 heteroatoms. The van der Waals surface area contributed by atoms with E-state index in [0.717, 1.165) is 44.3 Å². The number of likely N-dealkylation sites (tertiary alicyclic amines) is 1. The van der Waals surface area contributed by atoms with Crippen molar-refractivity contribution in [1.29, 1.82) is 0 Å². The third kappa shape index (κ3) is 5.50. The number of hydrogen-bond acceptors (Lipinski definition) is 8. The molecular formula is C22H22F5N7O. The lowest BCUT2D eigenvalue weighted by Gasteiger charge is -2.39. The molecule has 0 aromatic carbocycles. The summed E-state index contributed by atoms with van der Waals surface area (Å²) in [5.41, 5.74) is -0.208. The van der Waals surface area contributed by atoms with Crippen LogP contribution in [0.1, 0.15) is 35.9 Å². The zero-order chi connectivity index (χ0) is 24.6. The topological polar surface area (TPSA) is 83.2 Å². The Morgan fingerprint density at radius 2 is 1.80 bits per heavy atom. The lowest BCUT2D eigenvalue weighted by Crippen LogP contribution is -2.57. The van der Waals surface area contributed by atoms with Gasteiger partial charge in [0.1, 0.15) is 17.9 Å². The summed E-state index contributed by atoms with van der Waals surface area (Å²) < 4.78 is 71.5. The Labute approximate surface area is 197 Å². The summed E-state index contributed by atoms with van der Waals surface area (Å²) in [7, 11) is 0. The van der Waals surface area contributed by atoms with E-state index in [1.54, 1.807) is 12.3 Å². The van der Waals surface area contributed by atoms with Gasteiger partial charge in [0.25, 0.3) is 5.92 Å². The summed E-state index contributed by atoms with van der Waals surface area (Å²) in [6.45, 7) is 1.09. The number of nitrogens with zero attached hydrogens (tertiary/aromatic N) is 6. The van der Waals surface area contributed by atoms with Gasteiger partial charge in [-0.25, -0.2) is 23.7 Å². The molecule has 0 spiro atoms. The SMILES string of the molecule is FC1(F)CN(c2nc(Nc3cc(C(F)(F)F)ccn3)cc(C3CCN(Cc4ncco4)CC3)n2)C1. The van der Waals surface area contributed by atoms with Crippen LogP contribution >= 0.6 is 0 Å². The minimum Gasteiger partial charge on any atom is -0.448 e. The molecule has 0 saturated carbocycles. The number of hydrogen-bond donors (Lipinski definition) is 1. The summed E-state index contributed by atoms with van der Waals surface area (Å²) in [5, 5.41) is 2.79. The molecule has 0 unspecified atom stereocenters. The van der Waals surface area contributed by atoms with Crippen molar-refractivity contribution in [3.8, 4) is 0 Å². The Bertz CT molecular complexity index is 1160. The number of piperidine rings is 1. The fourth-order valence-electron chi connectivity index (χ4n) is 4.24. The molecule has 0 atom stereocenters. The van der Waals surface area contributed by atoms with Crippen LogP contribution in [0.4, 0.5) is 39.5 Å². The van der Waals surface area contributed by atoms with Crippen molar-refractivity contribution in [2.45, 2.75) is 37.4 Å². The Morgan fingerprint density at radius 1 is 1.03 bits per heavy atom. The maximum absolute atomic E-state index is 13.5. The summed E-state index contributed by atoms with van der Waals surface area (Å²) >= 11 is 0. The van der Waals surface area contributed by atoms with Crippen molar-refractivity contribution < 1.29 is 26.4 Å². The standard InChI is InChI=1S/C22H22F5N7O/c23-21(24)12-34(13-21)20-30-16(14-2-6-33(7-3-14)11-19-29-5-8-35-19)10-18(32-20)31-17-9-15(1-4-28-17)22(25,26)27/h1,4-5,8-10,14H,2-3,6-7,11-13H2,(H,28,30,31,32). The highest BCUT2D eigenvalue weighted by Crippen LogP contribution is 2.35. The molecule has 2 aliphatic rings. The number of anilines is 3. The van der Waals surface area contributed by atoms with Gasteiger partial charge in [0.2, 0.25) is 11.8 Å². The van der Waals surface area contributed by atoms with Crippen LogP contribution in [0.5, 0.6) is 0 Å². The molecule has 0 radical (unpaired) electrons. The van der Waals surface area contributed by atoms with Gasteiger partial charge < -0.3 is 14.6 Å². The molecular weight excluding hydrogens is 473 g/mol. The number of nitrogens with one attached hydrogen (secondary N) is 1. The molecule has 0 bridgehead atoms. The number of oxazole rings is 1. The molecule has 186 valence electrons.